The van der Waals surface area contributed by atoms with Crippen LogP contribution in [0.25, 0.3) is 0 Å². The van der Waals surface area contributed by atoms with Crippen molar-refractivity contribution in [1.82, 2.24) is 0 Å². The molecule has 0 unspecified atom stereocenters. The van der Waals surface area contributed by atoms with Crippen molar-refractivity contribution in [2.75, 3.05) is 0 Å². The molecule has 0 fully saturated rings. The van der Waals surface area contributed by atoms with Gasteiger partial charge in [0, 0.05) is 0 Å². The molecule has 0 N–H and O–H groups in total. The summed E-state index contributed by atoms with van der Waals surface area (Å²) < 4.78 is 67.1. The van der Waals surface area contributed by atoms with Gasteiger partial charge in [0.1, 0.15) is 20.2 Å². The maximum absolute atomic E-state index is 11.2. The molecule has 0 saturated heterocycles. The quantitative estimate of drug-likeness (QED) is 0.0928. The predicted octanol–water partition coefficient (Wildman–Crippen LogP) is 4.12. The molecule has 0 aliphatic carbocycles. The van der Waals surface area contributed by atoms with Crippen LogP contribution < -0.4 is 59.1 Å². The van der Waals surface area contributed by atoms with Gasteiger partial charge in [-0.3, -0.25) is 0 Å². The topological polar surface area (TPSA) is 114 Å². The first-order chi connectivity index (χ1) is 21.1. The largest absolute Gasteiger partial charge is 1.00 e. The Bertz CT molecular complexity index is 1130. The Morgan fingerprint density at radius 2 is 0.652 bits per heavy atom. The fraction of sp³-hybridized carbons (Fsp3) is 0.667. The van der Waals surface area contributed by atoms with Crippen molar-refractivity contribution in [3.8, 4) is 0 Å². The first kappa shape index (κ1) is 48.4. The zero-order chi connectivity index (χ0) is 32.5. The van der Waals surface area contributed by atoms with Crippen molar-refractivity contribution in [2.45, 2.75) is 165 Å². The third kappa shape index (κ3) is 24.4. The minimum atomic E-state index is -4.35. The molecule has 2 aromatic carbocycles. The van der Waals surface area contributed by atoms with Gasteiger partial charge in [0.05, 0.1) is 9.79 Å². The van der Waals surface area contributed by atoms with E-state index >= 15 is 0 Å². The molecule has 6 nitrogen and oxygen atoms in total. The Labute approximate surface area is 326 Å². The first-order valence-electron chi connectivity index (χ1n) is 17.2. The summed E-state index contributed by atoms with van der Waals surface area (Å²) in [5.41, 5.74) is 1.33. The molecule has 0 heterocycles. The number of hydrogen-bond donors (Lipinski definition) is 0. The minimum absolute atomic E-state index is 0. The first-order valence-corrected chi connectivity index (χ1v) is 20.0. The van der Waals surface area contributed by atoms with Crippen LogP contribution in [-0.2, 0) is 33.1 Å². The van der Waals surface area contributed by atoms with Crippen LogP contribution in [0.5, 0.6) is 0 Å². The predicted molar refractivity (Wildman–Crippen MR) is 180 cm³/mol. The Kier molecular flexibility index (Phi) is 31.7. The molecule has 0 atom stereocenters. The number of aryl methyl sites for hydroxylation is 2. The van der Waals surface area contributed by atoms with Crippen molar-refractivity contribution in [3.63, 3.8) is 0 Å². The number of benzene rings is 2. The van der Waals surface area contributed by atoms with Gasteiger partial charge in [-0.25, -0.2) is 16.8 Å². The summed E-state index contributed by atoms with van der Waals surface area (Å²) in [6, 6.07) is 13.1. The maximum Gasteiger partial charge on any atom is 1.00 e. The van der Waals surface area contributed by atoms with Gasteiger partial charge in [-0.2, -0.15) is 0 Å². The van der Waals surface area contributed by atoms with E-state index in [1.54, 1.807) is 36.4 Å². The zero-order valence-electron chi connectivity index (χ0n) is 29.4. The second kappa shape index (κ2) is 30.1. The van der Waals surface area contributed by atoms with Crippen LogP contribution in [-0.4, -0.2) is 25.9 Å². The van der Waals surface area contributed by atoms with E-state index < -0.39 is 20.2 Å². The molecule has 10 heteroatoms. The van der Waals surface area contributed by atoms with Crippen molar-refractivity contribution in [2.24, 2.45) is 0 Å². The second-order valence-corrected chi connectivity index (χ2v) is 14.7. The Morgan fingerprint density at radius 1 is 0.413 bits per heavy atom. The second-order valence-electron chi connectivity index (χ2n) is 12.0. The van der Waals surface area contributed by atoms with E-state index in [-0.39, 0.29) is 68.9 Å². The Hall–Kier alpha value is 0.260. The summed E-state index contributed by atoms with van der Waals surface area (Å²) in [5, 5.41) is 0. The van der Waals surface area contributed by atoms with Crippen molar-refractivity contribution < 1.29 is 85.1 Å². The van der Waals surface area contributed by atoms with Crippen molar-refractivity contribution in [1.29, 1.82) is 0 Å². The molecule has 252 valence electrons. The summed E-state index contributed by atoms with van der Waals surface area (Å²) in [4.78, 5) is -0.100. The van der Waals surface area contributed by atoms with Gasteiger partial charge in [-0.05, 0) is 48.9 Å². The molecule has 2 aromatic rings. The molecular formula is C36H58Na2O6S2. The van der Waals surface area contributed by atoms with E-state index in [4.69, 9.17) is 0 Å². The van der Waals surface area contributed by atoms with Crippen LogP contribution in [0.4, 0.5) is 0 Å². The average molecular weight is 697 g/mol. The summed E-state index contributed by atoms with van der Waals surface area (Å²) in [6.07, 6.45) is 26.3. The Balaban J connectivity index is 0. The average Bonchev–Trinajstić information content (AvgIpc) is 2.99. The molecule has 0 spiro atoms. The SMILES string of the molecule is CCCCCCCCCCCCc1ccccc1S(=O)(=O)[O-].CCCCCCCCCCCCc1ccccc1S(=O)(=O)[O-].[Na+].[Na+]. The molecule has 0 bridgehead atoms. The van der Waals surface area contributed by atoms with Crippen molar-refractivity contribution >= 4 is 20.2 Å². The normalized spacial score (nSPS) is 11.2. The van der Waals surface area contributed by atoms with Crippen LogP contribution in [0, 0.1) is 0 Å². The van der Waals surface area contributed by atoms with Crippen LogP contribution in [0.1, 0.15) is 153 Å². The van der Waals surface area contributed by atoms with E-state index in [0.717, 1.165) is 25.7 Å². The third-order valence-corrected chi connectivity index (χ3v) is 9.96. The van der Waals surface area contributed by atoms with E-state index in [1.807, 2.05) is 0 Å². The van der Waals surface area contributed by atoms with Crippen LogP contribution in [0.3, 0.4) is 0 Å². The van der Waals surface area contributed by atoms with Crippen LogP contribution in [0.2, 0.25) is 0 Å². The zero-order valence-corrected chi connectivity index (χ0v) is 35.1. The van der Waals surface area contributed by atoms with Gasteiger partial charge in [0.15, 0.2) is 0 Å². The summed E-state index contributed by atoms with van der Waals surface area (Å²) in [5.74, 6) is 0. The smallest absolute Gasteiger partial charge is 0.744 e. The van der Waals surface area contributed by atoms with E-state index in [1.165, 1.54) is 115 Å². The van der Waals surface area contributed by atoms with E-state index in [0.29, 0.717) is 24.0 Å². The number of hydrogen-bond acceptors (Lipinski definition) is 6. The summed E-state index contributed by atoms with van der Waals surface area (Å²) in [7, 11) is -8.69. The molecule has 0 aliphatic rings. The fourth-order valence-corrected chi connectivity index (χ4v) is 6.99. The molecule has 2 rings (SSSR count). The number of rotatable bonds is 24. The van der Waals surface area contributed by atoms with E-state index in [9.17, 15) is 25.9 Å². The molecule has 0 amide bonds. The molecule has 0 radical (unpaired) electrons. The molecular weight excluding hydrogens is 639 g/mol. The Morgan fingerprint density at radius 3 is 0.913 bits per heavy atom. The number of unbranched alkanes of at least 4 members (excludes halogenated alkanes) is 18. The monoisotopic (exact) mass is 696 g/mol. The maximum atomic E-state index is 11.2. The summed E-state index contributed by atoms with van der Waals surface area (Å²) in [6.45, 7) is 4.46. The minimum Gasteiger partial charge on any atom is -0.744 e. The standard InChI is InChI=1S/2C18H30O3S.2Na/c2*1-2-3-4-5-6-7-8-9-10-11-14-17-15-12-13-16-18(17)22(19,20)21;;/h2*12-13,15-16H,2-11,14H2,1H3,(H,19,20,21);;/q;;2*+1/p-2. The van der Waals surface area contributed by atoms with Gasteiger partial charge in [-0.15, -0.1) is 0 Å². The fourth-order valence-electron chi connectivity index (χ4n) is 5.51. The molecule has 0 aliphatic heterocycles. The van der Waals surface area contributed by atoms with Gasteiger partial charge in [-0.1, -0.05) is 166 Å². The summed E-state index contributed by atoms with van der Waals surface area (Å²) >= 11 is 0. The van der Waals surface area contributed by atoms with Crippen LogP contribution >= 0.6 is 0 Å². The van der Waals surface area contributed by atoms with Gasteiger partial charge in [0.25, 0.3) is 0 Å². The molecule has 46 heavy (non-hydrogen) atoms. The van der Waals surface area contributed by atoms with E-state index in [2.05, 4.69) is 13.8 Å². The third-order valence-electron chi connectivity index (χ3n) is 8.08. The molecule has 0 saturated carbocycles. The van der Waals surface area contributed by atoms with Gasteiger partial charge in [0.2, 0.25) is 0 Å². The van der Waals surface area contributed by atoms with Crippen molar-refractivity contribution in [3.05, 3.63) is 59.7 Å². The van der Waals surface area contributed by atoms with Crippen LogP contribution in [0.15, 0.2) is 58.3 Å². The molecule has 0 aromatic heterocycles. The van der Waals surface area contributed by atoms with Gasteiger partial charge >= 0.3 is 59.1 Å². The van der Waals surface area contributed by atoms with Gasteiger partial charge < -0.3 is 9.11 Å².